The maximum atomic E-state index is 11.9. The number of aromatic nitrogens is 2. The lowest BCUT2D eigenvalue weighted by Gasteiger charge is -2.33. The average molecular weight is 294 g/mol. The molecule has 0 unspecified atom stereocenters. The third kappa shape index (κ3) is 4.77. The van der Waals surface area contributed by atoms with Crippen LogP contribution in [0.2, 0.25) is 0 Å². The highest BCUT2D eigenvalue weighted by Crippen LogP contribution is 2.18. The van der Waals surface area contributed by atoms with E-state index in [1.165, 1.54) is 12.4 Å². The number of likely N-dealkylation sites (tertiary alicyclic amines) is 1. The molecule has 21 heavy (non-hydrogen) atoms. The molecule has 0 aromatic carbocycles. The molecule has 0 aliphatic carbocycles. The lowest BCUT2D eigenvalue weighted by molar-refractivity contribution is 0.0119. The number of amides is 1. The number of hydrogen-bond acceptors (Lipinski definition) is 6. The third-order valence-electron chi connectivity index (χ3n) is 3.01. The summed E-state index contributed by atoms with van der Waals surface area (Å²) in [4.78, 5) is 21.7. The molecule has 7 nitrogen and oxygen atoms in total. The minimum atomic E-state index is -0.470. The maximum Gasteiger partial charge on any atom is 0.410 e. The molecule has 1 fully saturated rings. The van der Waals surface area contributed by atoms with E-state index in [4.69, 9.17) is 15.2 Å². The molecule has 0 radical (unpaired) electrons. The van der Waals surface area contributed by atoms with E-state index >= 15 is 0 Å². The molecule has 0 bridgehead atoms. The summed E-state index contributed by atoms with van der Waals surface area (Å²) in [7, 11) is 0. The van der Waals surface area contributed by atoms with Gasteiger partial charge in [-0.1, -0.05) is 0 Å². The summed E-state index contributed by atoms with van der Waals surface area (Å²) in [6, 6.07) is 0.319. The molecule has 1 aliphatic heterocycles. The second-order valence-corrected chi connectivity index (χ2v) is 6.08. The van der Waals surface area contributed by atoms with E-state index in [2.05, 4.69) is 9.97 Å². The third-order valence-corrected chi connectivity index (χ3v) is 3.01. The summed E-state index contributed by atoms with van der Waals surface area (Å²) in [5, 5.41) is 0. The van der Waals surface area contributed by atoms with Crippen molar-refractivity contribution < 1.29 is 14.3 Å². The van der Waals surface area contributed by atoms with Gasteiger partial charge in [0.05, 0.1) is 18.1 Å². The first-order valence-electron chi connectivity index (χ1n) is 7.05. The van der Waals surface area contributed by atoms with Crippen LogP contribution in [0.3, 0.4) is 0 Å². The highest BCUT2D eigenvalue weighted by molar-refractivity contribution is 5.68. The molecule has 1 aromatic rings. The van der Waals surface area contributed by atoms with E-state index in [0.29, 0.717) is 24.8 Å². The van der Waals surface area contributed by atoms with Crippen molar-refractivity contribution in [1.29, 1.82) is 0 Å². The van der Waals surface area contributed by atoms with E-state index in [-0.39, 0.29) is 12.2 Å². The van der Waals surface area contributed by atoms with E-state index in [0.717, 1.165) is 12.8 Å². The van der Waals surface area contributed by atoms with Crippen molar-refractivity contribution in [3.05, 3.63) is 12.4 Å². The fourth-order valence-corrected chi connectivity index (χ4v) is 2.02. The highest BCUT2D eigenvalue weighted by Gasteiger charge is 2.27. The van der Waals surface area contributed by atoms with Gasteiger partial charge in [0.25, 0.3) is 0 Å². The molecule has 0 saturated carbocycles. The van der Waals surface area contributed by atoms with Gasteiger partial charge in [-0.15, -0.1) is 0 Å². The van der Waals surface area contributed by atoms with E-state index in [9.17, 15) is 4.79 Å². The number of hydrogen-bond donors (Lipinski definition) is 1. The van der Waals surface area contributed by atoms with Gasteiger partial charge in [0.1, 0.15) is 11.7 Å². The van der Waals surface area contributed by atoms with Gasteiger partial charge in [-0.05, 0) is 20.8 Å². The van der Waals surface area contributed by atoms with Crippen molar-refractivity contribution >= 4 is 11.8 Å². The Balaban J connectivity index is 1.80. The number of nitrogens with zero attached hydrogens (tertiary/aromatic N) is 3. The van der Waals surface area contributed by atoms with Crippen molar-refractivity contribution in [2.45, 2.75) is 45.3 Å². The Bertz CT molecular complexity index is 476. The summed E-state index contributed by atoms with van der Waals surface area (Å²) >= 11 is 0. The number of carbonyl (C=O) groups is 1. The first-order chi connectivity index (χ1) is 9.83. The summed E-state index contributed by atoms with van der Waals surface area (Å²) in [5.74, 6) is 0. The molecular weight excluding hydrogens is 272 g/mol. The predicted molar refractivity (Wildman–Crippen MR) is 77.9 cm³/mol. The topological polar surface area (TPSA) is 90.6 Å². The second kappa shape index (κ2) is 6.15. The lowest BCUT2D eigenvalue weighted by atomic mass is 10.1. The maximum absolute atomic E-state index is 11.9. The molecule has 7 heteroatoms. The number of rotatable bonds is 2. The fourth-order valence-electron chi connectivity index (χ4n) is 2.02. The molecule has 2 rings (SSSR count). The Morgan fingerprint density at radius 3 is 2.38 bits per heavy atom. The molecule has 1 saturated heterocycles. The average Bonchev–Trinajstić information content (AvgIpc) is 2.40. The van der Waals surface area contributed by atoms with Crippen molar-refractivity contribution in [2.24, 2.45) is 0 Å². The Kier molecular flexibility index (Phi) is 4.50. The van der Waals surface area contributed by atoms with Gasteiger partial charge in [0.15, 0.2) is 0 Å². The zero-order chi connectivity index (χ0) is 15.5. The van der Waals surface area contributed by atoms with Crippen LogP contribution in [-0.2, 0) is 4.74 Å². The number of piperidine rings is 1. The van der Waals surface area contributed by atoms with Crippen LogP contribution >= 0.6 is 0 Å². The van der Waals surface area contributed by atoms with Crippen LogP contribution in [-0.4, -0.2) is 45.8 Å². The first-order valence-corrected chi connectivity index (χ1v) is 7.05. The van der Waals surface area contributed by atoms with E-state index in [1.54, 1.807) is 4.90 Å². The fraction of sp³-hybridized carbons (Fsp3) is 0.643. The van der Waals surface area contributed by atoms with Crippen molar-refractivity contribution in [1.82, 2.24) is 14.9 Å². The van der Waals surface area contributed by atoms with Crippen LogP contribution < -0.4 is 10.5 Å². The van der Waals surface area contributed by atoms with Crippen molar-refractivity contribution in [3.8, 4) is 6.01 Å². The molecule has 0 atom stereocenters. The summed E-state index contributed by atoms with van der Waals surface area (Å²) < 4.78 is 11.0. The zero-order valence-corrected chi connectivity index (χ0v) is 12.7. The quantitative estimate of drug-likeness (QED) is 0.895. The summed E-state index contributed by atoms with van der Waals surface area (Å²) in [6.07, 6.45) is 4.22. The summed E-state index contributed by atoms with van der Waals surface area (Å²) in [5.41, 5.74) is 5.56. The minimum Gasteiger partial charge on any atom is -0.460 e. The lowest BCUT2D eigenvalue weighted by Crippen LogP contribution is -2.44. The van der Waals surface area contributed by atoms with Gasteiger partial charge < -0.3 is 20.1 Å². The van der Waals surface area contributed by atoms with Gasteiger partial charge in [-0.2, -0.15) is 0 Å². The SMILES string of the molecule is CC(C)(C)OC(=O)N1CCC(Oc2ncc(N)cn2)CC1. The smallest absolute Gasteiger partial charge is 0.410 e. The zero-order valence-electron chi connectivity index (χ0n) is 12.7. The normalized spacial score (nSPS) is 16.6. The van der Waals surface area contributed by atoms with Crippen LogP contribution in [0.5, 0.6) is 6.01 Å². The van der Waals surface area contributed by atoms with E-state index in [1.807, 2.05) is 20.8 Å². The minimum absolute atomic E-state index is 0.00677. The van der Waals surface area contributed by atoms with Crippen molar-refractivity contribution in [3.63, 3.8) is 0 Å². The standard InChI is InChI=1S/C14H22N4O3/c1-14(2,3)21-13(19)18-6-4-11(5-7-18)20-12-16-8-10(15)9-17-12/h8-9,11H,4-7,15H2,1-3H3. The molecule has 0 spiro atoms. The Morgan fingerprint density at radius 1 is 1.29 bits per heavy atom. The first kappa shape index (κ1) is 15.3. The van der Waals surface area contributed by atoms with Crippen LogP contribution in [0.4, 0.5) is 10.5 Å². The molecule has 1 aromatic heterocycles. The number of ether oxygens (including phenoxy) is 2. The molecule has 1 amide bonds. The van der Waals surface area contributed by atoms with Gasteiger partial charge in [0.2, 0.25) is 0 Å². The number of anilines is 1. The Morgan fingerprint density at radius 2 is 1.86 bits per heavy atom. The molecular formula is C14H22N4O3. The van der Waals surface area contributed by atoms with Crippen molar-refractivity contribution in [2.75, 3.05) is 18.8 Å². The van der Waals surface area contributed by atoms with Crippen LogP contribution in [0.1, 0.15) is 33.6 Å². The number of nitrogens with two attached hydrogens (primary N) is 1. The molecule has 1 aliphatic rings. The van der Waals surface area contributed by atoms with Crippen LogP contribution in [0.15, 0.2) is 12.4 Å². The van der Waals surface area contributed by atoms with Crippen LogP contribution in [0, 0.1) is 0 Å². The van der Waals surface area contributed by atoms with Gasteiger partial charge in [-0.25, -0.2) is 14.8 Å². The van der Waals surface area contributed by atoms with Gasteiger partial charge >= 0.3 is 12.1 Å². The molecule has 2 heterocycles. The largest absolute Gasteiger partial charge is 0.460 e. The summed E-state index contributed by atoms with van der Waals surface area (Å²) in [6.45, 7) is 6.79. The highest BCUT2D eigenvalue weighted by atomic mass is 16.6. The monoisotopic (exact) mass is 294 g/mol. The van der Waals surface area contributed by atoms with Gasteiger partial charge in [0, 0.05) is 25.9 Å². The number of carbonyl (C=O) groups excluding carboxylic acids is 1. The molecule has 116 valence electrons. The van der Waals surface area contributed by atoms with E-state index < -0.39 is 5.60 Å². The van der Waals surface area contributed by atoms with Crippen LogP contribution in [0.25, 0.3) is 0 Å². The Labute approximate surface area is 124 Å². The predicted octanol–water partition coefficient (Wildman–Crippen LogP) is 1.84. The number of nitrogen functional groups attached to an aromatic ring is 1. The second-order valence-electron chi connectivity index (χ2n) is 6.08. The van der Waals surface area contributed by atoms with Gasteiger partial charge in [-0.3, -0.25) is 0 Å². The Hall–Kier alpha value is -2.05. The molecule has 2 N–H and O–H groups in total.